The van der Waals surface area contributed by atoms with Crippen molar-refractivity contribution in [1.82, 2.24) is 25.3 Å². The largest absolute Gasteiger partial charge is 0.491 e. The van der Waals surface area contributed by atoms with Gasteiger partial charge in [-0.15, -0.1) is 12.4 Å². The number of hydrogen-bond donors (Lipinski definition) is 3. The maximum absolute atomic E-state index is 6.21. The van der Waals surface area contributed by atoms with Crippen molar-refractivity contribution in [1.29, 1.82) is 0 Å². The molecule has 0 saturated heterocycles. The summed E-state index contributed by atoms with van der Waals surface area (Å²) in [6, 6.07) is 17.2. The Bertz CT molecular complexity index is 1450. The predicted octanol–water partition coefficient (Wildman–Crippen LogP) is 5.29. The van der Waals surface area contributed by atoms with Crippen molar-refractivity contribution in [3.8, 4) is 28.0 Å². The van der Waals surface area contributed by atoms with Crippen molar-refractivity contribution in [3.63, 3.8) is 0 Å². The molecule has 3 heterocycles. The third-order valence-electron chi connectivity index (χ3n) is 5.85. The second-order valence-electron chi connectivity index (χ2n) is 8.15. The molecule has 0 amide bonds. The molecule has 0 aliphatic carbocycles. The summed E-state index contributed by atoms with van der Waals surface area (Å²) >= 11 is 0. The number of H-pyrrole nitrogens is 2. The van der Waals surface area contributed by atoms with Crippen LogP contribution in [-0.2, 0) is 6.54 Å². The number of benzene rings is 3. The molecule has 0 spiro atoms. The number of rotatable bonds is 2. The fourth-order valence-corrected chi connectivity index (χ4v) is 4.44. The molecular formula is C25H24ClN5O. The van der Waals surface area contributed by atoms with E-state index in [2.05, 4.69) is 73.8 Å². The number of aromatic amines is 2. The molecule has 3 aromatic carbocycles. The number of imidazole rings is 2. The lowest BCUT2D eigenvalue weighted by Crippen LogP contribution is -2.16. The van der Waals surface area contributed by atoms with Crippen molar-refractivity contribution in [2.45, 2.75) is 20.4 Å². The highest BCUT2D eigenvalue weighted by Crippen LogP contribution is 2.39. The van der Waals surface area contributed by atoms with Crippen LogP contribution in [0.25, 0.3) is 44.3 Å². The van der Waals surface area contributed by atoms with E-state index in [1.807, 2.05) is 13.8 Å². The minimum Gasteiger partial charge on any atom is -0.491 e. The number of fused-ring (bicyclic) bond motifs is 3. The molecule has 0 bridgehead atoms. The monoisotopic (exact) mass is 445 g/mol. The molecule has 0 saturated carbocycles. The van der Waals surface area contributed by atoms with Crippen LogP contribution in [0, 0.1) is 13.8 Å². The molecule has 3 N–H and O–H groups in total. The van der Waals surface area contributed by atoms with Gasteiger partial charge in [-0.25, -0.2) is 9.97 Å². The molecule has 0 atom stereocenters. The minimum absolute atomic E-state index is 0. The van der Waals surface area contributed by atoms with Gasteiger partial charge in [0, 0.05) is 24.2 Å². The van der Waals surface area contributed by atoms with Gasteiger partial charge >= 0.3 is 0 Å². The summed E-state index contributed by atoms with van der Waals surface area (Å²) in [5, 5.41) is 3.47. The van der Waals surface area contributed by atoms with Gasteiger partial charge < -0.3 is 20.0 Å². The van der Waals surface area contributed by atoms with E-state index in [1.54, 1.807) is 0 Å². The highest BCUT2D eigenvalue weighted by Gasteiger charge is 2.18. The summed E-state index contributed by atoms with van der Waals surface area (Å²) in [5.74, 6) is 2.81. The fraction of sp³-hybridized carbons (Fsp3) is 0.200. The number of aryl methyl sites for hydroxylation is 2. The van der Waals surface area contributed by atoms with Gasteiger partial charge in [0.05, 0.1) is 22.1 Å². The zero-order chi connectivity index (χ0) is 20.9. The molecule has 32 heavy (non-hydrogen) atoms. The van der Waals surface area contributed by atoms with Gasteiger partial charge in [0.2, 0.25) is 0 Å². The number of aromatic nitrogens is 4. The lowest BCUT2D eigenvalue weighted by atomic mass is 9.94. The van der Waals surface area contributed by atoms with Gasteiger partial charge in [-0.1, -0.05) is 12.1 Å². The third-order valence-corrected chi connectivity index (χ3v) is 5.85. The van der Waals surface area contributed by atoms with Gasteiger partial charge in [0.25, 0.3) is 0 Å². The Balaban J connectivity index is 0.00000216. The molecule has 0 radical (unpaired) electrons. The second kappa shape index (κ2) is 7.97. The van der Waals surface area contributed by atoms with E-state index in [-0.39, 0.29) is 12.4 Å². The van der Waals surface area contributed by atoms with E-state index in [1.165, 1.54) is 5.56 Å². The molecule has 2 aromatic heterocycles. The Kier molecular flexibility index (Phi) is 5.12. The van der Waals surface area contributed by atoms with Crippen molar-refractivity contribution in [2.75, 3.05) is 13.2 Å². The predicted molar refractivity (Wildman–Crippen MR) is 131 cm³/mol. The summed E-state index contributed by atoms with van der Waals surface area (Å²) in [4.78, 5) is 15.8. The molecule has 162 valence electrons. The summed E-state index contributed by atoms with van der Waals surface area (Å²) in [6.45, 7) is 6.24. The smallest absolute Gasteiger partial charge is 0.131 e. The van der Waals surface area contributed by atoms with E-state index >= 15 is 0 Å². The van der Waals surface area contributed by atoms with Crippen LogP contribution in [0.1, 0.15) is 17.2 Å². The maximum atomic E-state index is 6.21. The first-order valence-electron chi connectivity index (χ1n) is 10.6. The highest BCUT2D eigenvalue weighted by atomic mass is 35.5. The molecule has 1 aliphatic heterocycles. The van der Waals surface area contributed by atoms with Crippen LogP contribution in [0.2, 0.25) is 0 Å². The number of nitrogens with one attached hydrogen (secondary N) is 3. The summed E-state index contributed by atoms with van der Waals surface area (Å²) in [5.41, 5.74) is 9.77. The molecular weight excluding hydrogens is 422 g/mol. The van der Waals surface area contributed by atoms with Gasteiger partial charge in [0.1, 0.15) is 24.0 Å². The Labute approximate surface area is 191 Å². The van der Waals surface area contributed by atoms with Gasteiger partial charge in [0.15, 0.2) is 0 Å². The summed E-state index contributed by atoms with van der Waals surface area (Å²) in [6.07, 6.45) is 0. The number of halogens is 1. The van der Waals surface area contributed by atoms with Gasteiger partial charge in [-0.05, 0) is 66.9 Å². The van der Waals surface area contributed by atoms with Crippen LogP contribution >= 0.6 is 12.4 Å². The molecule has 5 aromatic rings. The SMILES string of the molecule is Cc1nc2ccc(-c3cc4c(c(-c5ccc6nc(C)[nH]c6c5)c3)OCCNC4)cc2[nH]1.Cl. The second-order valence-corrected chi connectivity index (χ2v) is 8.15. The van der Waals surface area contributed by atoms with Gasteiger partial charge in [-0.3, -0.25) is 0 Å². The average Bonchev–Trinajstić information content (AvgIpc) is 3.22. The molecule has 0 fully saturated rings. The fourth-order valence-electron chi connectivity index (χ4n) is 4.44. The van der Waals surface area contributed by atoms with E-state index < -0.39 is 0 Å². The van der Waals surface area contributed by atoms with Crippen molar-refractivity contribution >= 4 is 34.5 Å². The van der Waals surface area contributed by atoms with E-state index in [0.29, 0.717) is 6.61 Å². The number of ether oxygens (including phenoxy) is 1. The van der Waals surface area contributed by atoms with Crippen molar-refractivity contribution < 1.29 is 4.74 Å². The average molecular weight is 446 g/mol. The van der Waals surface area contributed by atoms with Crippen molar-refractivity contribution in [3.05, 3.63) is 65.7 Å². The first-order chi connectivity index (χ1) is 15.1. The third kappa shape index (κ3) is 3.51. The molecule has 7 heteroatoms. The van der Waals surface area contributed by atoms with Crippen molar-refractivity contribution in [2.24, 2.45) is 0 Å². The normalized spacial score (nSPS) is 13.4. The lowest BCUT2D eigenvalue weighted by Gasteiger charge is -2.16. The summed E-state index contributed by atoms with van der Waals surface area (Å²) in [7, 11) is 0. The minimum atomic E-state index is 0. The van der Waals surface area contributed by atoms with Crippen LogP contribution in [0.15, 0.2) is 48.5 Å². The Hall–Kier alpha value is -3.35. The Morgan fingerprint density at radius 3 is 2.16 bits per heavy atom. The number of nitrogens with zero attached hydrogens (tertiary/aromatic N) is 2. The van der Waals surface area contributed by atoms with Crippen LogP contribution in [0.5, 0.6) is 5.75 Å². The van der Waals surface area contributed by atoms with E-state index in [0.717, 1.165) is 74.8 Å². The van der Waals surface area contributed by atoms with Crippen LogP contribution in [0.4, 0.5) is 0 Å². The molecule has 6 nitrogen and oxygen atoms in total. The zero-order valence-corrected chi connectivity index (χ0v) is 18.8. The van der Waals surface area contributed by atoms with E-state index in [9.17, 15) is 0 Å². The zero-order valence-electron chi connectivity index (χ0n) is 18.0. The Morgan fingerprint density at radius 2 is 1.44 bits per heavy atom. The quantitative estimate of drug-likeness (QED) is 0.345. The molecule has 6 rings (SSSR count). The van der Waals surface area contributed by atoms with Crippen LogP contribution in [-0.4, -0.2) is 33.1 Å². The molecule has 1 aliphatic rings. The first kappa shape index (κ1) is 20.5. The first-order valence-corrected chi connectivity index (χ1v) is 10.6. The van der Waals surface area contributed by atoms with Crippen LogP contribution < -0.4 is 10.1 Å². The highest BCUT2D eigenvalue weighted by molar-refractivity contribution is 5.88. The molecule has 0 unspecified atom stereocenters. The maximum Gasteiger partial charge on any atom is 0.131 e. The van der Waals surface area contributed by atoms with Gasteiger partial charge in [-0.2, -0.15) is 0 Å². The summed E-state index contributed by atoms with van der Waals surface area (Å²) < 4.78 is 6.21. The lowest BCUT2D eigenvalue weighted by molar-refractivity contribution is 0.327. The number of hydrogen-bond acceptors (Lipinski definition) is 4. The Morgan fingerprint density at radius 1 is 0.781 bits per heavy atom. The topological polar surface area (TPSA) is 78.6 Å². The standard InChI is InChI=1S/C25H23N5O.ClH/c1-14-27-21-5-3-16(11-23(21)29-14)18-9-19-13-26-7-8-31-25(19)20(10-18)17-4-6-22-24(12-17)30-15(2)28-22;/h3-6,9-12,26H,7-8,13H2,1-2H3,(H,27,29)(H,28,30);1H. The van der Waals surface area contributed by atoms with E-state index in [4.69, 9.17) is 4.74 Å². The van der Waals surface area contributed by atoms with Crippen LogP contribution in [0.3, 0.4) is 0 Å².